The number of anilines is 1. The Bertz CT molecular complexity index is 1950. The number of aromatic nitrogens is 1. The summed E-state index contributed by atoms with van der Waals surface area (Å²) in [6, 6.07) is 15.1. The minimum Gasteiger partial charge on any atom is -0.454 e. The van der Waals surface area contributed by atoms with Crippen LogP contribution in [0.4, 0.5) is 11.4 Å². The number of carbonyl (C=O) groups excluding carboxylic acids is 4. The van der Waals surface area contributed by atoms with Crippen molar-refractivity contribution < 1.29 is 28.8 Å². The first-order chi connectivity index (χ1) is 21.5. The van der Waals surface area contributed by atoms with Gasteiger partial charge in [0, 0.05) is 27.6 Å². The average molecular weight is 644 g/mol. The highest BCUT2D eigenvalue weighted by Crippen LogP contribution is 2.38. The number of allylic oxidation sites excluding steroid dienone is 2. The van der Waals surface area contributed by atoms with Crippen LogP contribution in [0.1, 0.15) is 39.1 Å². The number of fused-ring (bicyclic) bond motifs is 2. The van der Waals surface area contributed by atoms with Gasteiger partial charge in [0.25, 0.3) is 5.69 Å². The Balaban J connectivity index is 1.29. The smallest absolute Gasteiger partial charge is 0.339 e. The fourth-order valence-electron chi connectivity index (χ4n) is 5.68. The molecule has 0 bridgehead atoms. The molecule has 1 saturated heterocycles. The van der Waals surface area contributed by atoms with Crippen molar-refractivity contribution in [2.24, 2.45) is 11.8 Å². The number of Topliss-reactive ketones (excluding diaryl/α,β-unsaturated/α-hetero) is 1. The number of rotatable bonds is 7. The molecule has 1 fully saturated rings. The number of hydrogen-bond acceptors (Lipinski definition) is 8. The maximum Gasteiger partial charge on any atom is 0.339 e. The number of ketones is 1. The molecule has 0 spiro atoms. The molecule has 2 aliphatic rings. The van der Waals surface area contributed by atoms with E-state index in [9.17, 15) is 29.3 Å². The van der Waals surface area contributed by atoms with Crippen LogP contribution in [-0.2, 0) is 14.3 Å². The zero-order chi connectivity index (χ0) is 32.0. The van der Waals surface area contributed by atoms with Gasteiger partial charge in [0.1, 0.15) is 5.02 Å². The molecule has 0 saturated carbocycles. The lowest BCUT2D eigenvalue weighted by Crippen LogP contribution is -2.30. The molecule has 1 aromatic heterocycles. The van der Waals surface area contributed by atoms with E-state index in [4.69, 9.17) is 32.9 Å². The Labute approximate surface area is 266 Å². The summed E-state index contributed by atoms with van der Waals surface area (Å²) >= 11 is 12.2. The monoisotopic (exact) mass is 643 g/mol. The molecule has 0 radical (unpaired) electrons. The van der Waals surface area contributed by atoms with Crippen molar-refractivity contribution in [3.8, 4) is 11.3 Å². The predicted octanol–water partition coefficient (Wildman–Crippen LogP) is 6.92. The summed E-state index contributed by atoms with van der Waals surface area (Å²) in [5.74, 6) is -2.62. The van der Waals surface area contributed by atoms with E-state index in [-0.39, 0.29) is 39.8 Å². The van der Waals surface area contributed by atoms with Gasteiger partial charge in [0.15, 0.2) is 6.61 Å². The Morgan fingerprint density at radius 2 is 1.60 bits per heavy atom. The molecule has 2 amide bonds. The van der Waals surface area contributed by atoms with Crippen molar-refractivity contribution in [1.29, 1.82) is 0 Å². The van der Waals surface area contributed by atoms with E-state index < -0.39 is 29.0 Å². The molecule has 226 valence electrons. The van der Waals surface area contributed by atoms with Gasteiger partial charge >= 0.3 is 5.97 Å². The van der Waals surface area contributed by atoms with Gasteiger partial charge in [0.05, 0.1) is 39.2 Å². The van der Waals surface area contributed by atoms with Crippen LogP contribution in [0, 0.1) is 28.9 Å². The first-order valence-electron chi connectivity index (χ1n) is 13.9. The molecule has 2 heterocycles. The van der Waals surface area contributed by atoms with Crippen molar-refractivity contribution in [1.82, 2.24) is 4.98 Å². The largest absolute Gasteiger partial charge is 0.454 e. The number of esters is 1. The van der Waals surface area contributed by atoms with Gasteiger partial charge in [-0.15, -0.1) is 0 Å². The highest BCUT2D eigenvalue weighted by atomic mass is 35.5. The zero-order valence-corrected chi connectivity index (χ0v) is 25.2. The number of nitrogens with zero attached hydrogens (tertiary/aromatic N) is 3. The molecule has 0 N–H and O–H groups in total. The summed E-state index contributed by atoms with van der Waals surface area (Å²) in [4.78, 5) is 68.7. The number of nitro groups is 1. The summed E-state index contributed by atoms with van der Waals surface area (Å²) in [6.45, 7) is 1.09. The summed E-state index contributed by atoms with van der Waals surface area (Å²) in [5.41, 5.74) is 2.14. The Hall–Kier alpha value is -4.93. The molecule has 6 rings (SSSR count). The lowest BCUT2D eigenvalue weighted by Gasteiger charge is -2.16. The standard InChI is InChI=1S/C33H23Cl2N3O7/c1-17-25(34)13-11-21-24(33(42)45-16-29(39)19-8-12-26(35)28(14-19)38(43)44)15-27(36-30(17)21)18-6-9-20(10-7-18)37-31(40)22-4-2-3-5-23(22)32(37)41/h2-3,6-15,22-23H,4-5,16H2,1H3. The number of carbonyl (C=O) groups is 4. The van der Waals surface area contributed by atoms with Gasteiger partial charge < -0.3 is 4.74 Å². The van der Waals surface area contributed by atoms with Gasteiger partial charge in [-0.25, -0.2) is 9.78 Å². The minimum atomic E-state index is -0.816. The van der Waals surface area contributed by atoms with Gasteiger partial charge in [-0.3, -0.25) is 29.4 Å². The molecular formula is C33H23Cl2N3O7. The minimum absolute atomic E-state index is 0.0348. The quantitative estimate of drug-likeness (QED) is 0.0528. The van der Waals surface area contributed by atoms with Crippen LogP contribution >= 0.6 is 23.2 Å². The predicted molar refractivity (Wildman–Crippen MR) is 167 cm³/mol. The van der Waals surface area contributed by atoms with Crippen LogP contribution in [0.15, 0.2) is 72.8 Å². The molecule has 10 nitrogen and oxygen atoms in total. The summed E-state index contributed by atoms with van der Waals surface area (Å²) in [7, 11) is 0. The summed E-state index contributed by atoms with van der Waals surface area (Å²) in [5, 5.41) is 12.0. The third-order valence-corrected chi connectivity index (χ3v) is 8.85. The van der Waals surface area contributed by atoms with E-state index in [1.165, 1.54) is 23.1 Å². The summed E-state index contributed by atoms with van der Waals surface area (Å²) < 4.78 is 5.36. The molecule has 1 aliphatic carbocycles. The van der Waals surface area contributed by atoms with Crippen molar-refractivity contribution in [3.63, 3.8) is 0 Å². The maximum atomic E-state index is 13.4. The van der Waals surface area contributed by atoms with Crippen molar-refractivity contribution in [3.05, 3.63) is 110 Å². The van der Waals surface area contributed by atoms with Crippen molar-refractivity contribution in [2.75, 3.05) is 11.5 Å². The lowest BCUT2D eigenvalue weighted by atomic mass is 9.85. The molecule has 2 unspecified atom stereocenters. The topological polar surface area (TPSA) is 137 Å². The first kappa shape index (κ1) is 30.1. The SMILES string of the molecule is Cc1c(Cl)ccc2c(C(=O)OCC(=O)c3ccc(Cl)c([N+](=O)[O-])c3)cc(-c3ccc(N4C(=O)C5CC=CCC5C4=O)cc3)nc12. The zero-order valence-electron chi connectivity index (χ0n) is 23.7. The lowest BCUT2D eigenvalue weighted by molar-refractivity contribution is -0.384. The second-order valence-electron chi connectivity index (χ2n) is 10.8. The third-order valence-electron chi connectivity index (χ3n) is 8.12. The molecule has 12 heteroatoms. The second kappa shape index (κ2) is 11.9. The third kappa shape index (κ3) is 5.47. The second-order valence-corrected chi connectivity index (χ2v) is 11.6. The van der Waals surface area contributed by atoms with Crippen LogP contribution < -0.4 is 4.90 Å². The number of hydrogen-bond donors (Lipinski definition) is 0. The maximum absolute atomic E-state index is 13.4. The Morgan fingerprint density at radius 1 is 0.956 bits per heavy atom. The molecular weight excluding hydrogens is 621 g/mol. The van der Waals surface area contributed by atoms with Crippen LogP contribution in [0.5, 0.6) is 0 Å². The highest BCUT2D eigenvalue weighted by molar-refractivity contribution is 6.33. The molecule has 4 aromatic rings. The van der Waals surface area contributed by atoms with E-state index >= 15 is 0 Å². The first-order valence-corrected chi connectivity index (χ1v) is 14.7. The number of benzene rings is 3. The fourth-order valence-corrected chi connectivity index (χ4v) is 6.01. The van der Waals surface area contributed by atoms with Crippen LogP contribution in [-0.4, -0.2) is 40.1 Å². The van der Waals surface area contributed by atoms with Gasteiger partial charge in [-0.2, -0.15) is 0 Å². The highest BCUT2D eigenvalue weighted by Gasteiger charge is 2.47. The Kier molecular flexibility index (Phi) is 7.94. The molecule has 3 aromatic carbocycles. The average Bonchev–Trinajstić information content (AvgIpc) is 3.30. The normalized spacial score (nSPS) is 17.4. The molecule has 45 heavy (non-hydrogen) atoms. The number of pyridine rings is 1. The number of amides is 2. The van der Waals surface area contributed by atoms with E-state index in [0.29, 0.717) is 51.3 Å². The number of ether oxygens (including phenoxy) is 1. The van der Waals surface area contributed by atoms with Gasteiger partial charge in [-0.05, 0) is 61.7 Å². The number of imide groups is 1. The van der Waals surface area contributed by atoms with Crippen LogP contribution in [0.3, 0.4) is 0 Å². The number of nitro benzene ring substituents is 1. The number of halogens is 2. The molecule has 1 aliphatic heterocycles. The summed E-state index contributed by atoms with van der Waals surface area (Å²) in [6.07, 6.45) is 4.94. The van der Waals surface area contributed by atoms with E-state index in [1.807, 2.05) is 12.2 Å². The Morgan fingerprint density at radius 3 is 2.24 bits per heavy atom. The van der Waals surface area contributed by atoms with Crippen molar-refractivity contribution in [2.45, 2.75) is 19.8 Å². The fraction of sp³-hybridized carbons (Fsp3) is 0.182. The van der Waals surface area contributed by atoms with E-state index in [1.54, 1.807) is 43.3 Å². The van der Waals surface area contributed by atoms with Gasteiger partial charge in [0.2, 0.25) is 17.6 Å². The number of aryl methyl sites for hydroxylation is 1. The van der Waals surface area contributed by atoms with Gasteiger partial charge in [-0.1, -0.05) is 53.6 Å². The van der Waals surface area contributed by atoms with Crippen LogP contribution in [0.25, 0.3) is 22.2 Å². The van der Waals surface area contributed by atoms with Crippen LogP contribution in [0.2, 0.25) is 10.0 Å². The van der Waals surface area contributed by atoms with Crippen molar-refractivity contribution >= 4 is 69.0 Å². The molecule has 2 atom stereocenters. The van der Waals surface area contributed by atoms with E-state index in [0.717, 1.165) is 6.07 Å². The van der Waals surface area contributed by atoms with E-state index in [2.05, 4.69) is 0 Å².